The number of carbonyl (C=O) groups excluding carboxylic acids is 1. The third-order valence-corrected chi connectivity index (χ3v) is 7.20. The van der Waals surface area contributed by atoms with Crippen molar-refractivity contribution in [3.05, 3.63) is 65.8 Å². The van der Waals surface area contributed by atoms with Gasteiger partial charge in [-0.1, -0.05) is 6.07 Å². The van der Waals surface area contributed by atoms with Crippen molar-refractivity contribution in [1.29, 1.82) is 0 Å². The molecule has 0 aliphatic carbocycles. The van der Waals surface area contributed by atoms with Gasteiger partial charge in [-0.2, -0.15) is 0 Å². The molecule has 0 spiro atoms. The summed E-state index contributed by atoms with van der Waals surface area (Å²) in [5.74, 6) is 1.89. The van der Waals surface area contributed by atoms with E-state index in [1.807, 2.05) is 47.4 Å². The molecule has 8 heteroatoms. The first-order valence-electron chi connectivity index (χ1n) is 11.4. The predicted molar refractivity (Wildman–Crippen MR) is 135 cm³/mol. The molecule has 7 nitrogen and oxygen atoms in total. The maximum absolute atomic E-state index is 12.9. The minimum absolute atomic E-state index is 0.208. The summed E-state index contributed by atoms with van der Waals surface area (Å²) in [6, 6.07) is 16.0. The lowest BCUT2D eigenvalue weighted by Gasteiger charge is -2.36. The maximum atomic E-state index is 12.9. The van der Waals surface area contributed by atoms with E-state index < -0.39 is 0 Å². The molecule has 0 radical (unpaired) electrons. The maximum Gasteiger partial charge on any atom is 0.223 e. The largest absolute Gasteiger partial charge is 0.497 e. The number of piperazine rings is 1. The van der Waals surface area contributed by atoms with Crippen LogP contribution in [0.4, 0.5) is 5.69 Å². The van der Waals surface area contributed by atoms with E-state index in [0.717, 1.165) is 65.3 Å². The fourth-order valence-electron chi connectivity index (χ4n) is 4.32. The molecule has 0 saturated carbocycles. The number of ether oxygens (including phenoxy) is 2. The Labute approximate surface area is 203 Å². The number of thiazole rings is 1. The molecular formula is C26H28N4O3S. The first-order valence-corrected chi connectivity index (χ1v) is 12.3. The van der Waals surface area contributed by atoms with E-state index in [4.69, 9.17) is 14.5 Å². The Morgan fingerprint density at radius 1 is 1.00 bits per heavy atom. The van der Waals surface area contributed by atoms with Gasteiger partial charge in [0.1, 0.15) is 11.5 Å². The topological polar surface area (TPSA) is 59.3 Å². The minimum atomic E-state index is 0.208. The number of aryl methyl sites for hydroxylation is 1. The van der Waals surface area contributed by atoms with E-state index in [2.05, 4.69) is 26.9 Å². The predicted octanol–water partition coefficient (Wildman–Crippen LogP) is 4.36. The number of methoxy groups -OCH3 is 2. The average Bonchev–Trinajstić information content (AvgIpc) is 3.49. The van der Waals surface area contributed by atoms with Crippen molar-refractivity contribution >= 4 is 27.9 Å². The van der Waals surface area contributed by atoms with Gasteiger partial charge in [0.15, 0.2) is 4.96 Å². The molecule has 1 amide bonds. The van der Waals surface area contributed by atoms with Gasteiger partial charge in [-0.05, 0) is 42.8 Å². The number of fused-ring (bicyclic) bond motifs is 1. The van der Waals surface area contributed by atoms with Crippen molar-refractivity contribution in [3.63, 3.8) is 0 Å². The zero-order chi connectivity index (χ0) is 23.5. The second-order valence-corrected chi connectivity index (χ2v) is 9.14. The van der Waals surface area contributed by atoms with E-state index in [1.165, 1.54) is 0 Å². The molecule has 0 N–H and O–H groups in total. The van der Waals surface area contributed by atoms with Crippen LogP contribution in [-0.2, 0) is 11.2 Å². The lowest BCUT2D eigenvalue weighted by molar-refractivity contribution is -0.131. The molecule has 1 fully saturated rings. The van der Waals surface area contributed by atoms with Crippen LogP contribution in [0.3, 0.4) is 0 Å². The summed E-state index contributed by atoms with van der Waals surface area (Å²) in [6.45, 7) is 3.13. The summed E-state index contributed by atoms with van der Waals surface area (Å²) in [5.41, 5.74) is 4.24. The van der Waals surface area contributed by atoms with Crippen molar-refractivity contribution < 1.29 is 14.3 Å². The van der Waals surface area contributed by atoms with Crippen LogP contribution >= 0.6 is 11.3 Å². The van der Waals surface area contributed by atoms with Gasteiger partial charge < -0.3 is 19.3 Å². The highest BCUT2D eigenvalue weighted by Gasteiger charge is 2.22. The van der Waals surface area contributed by atoms with E-state index in [-0.39, 0.29) is 5.91 Å². The van der Waals surface area contributed by atoms with E-state index in [1.54, 1.807) is 25.6 Å². The molecule has 0 unspecified atom stereocenters. The standard InChI is InChI=1S/C26H28N4O3S/c1-32-22-9-6-19(7-10-22)24-17-30-21(18-34-26(30)27-24)8-11-25(31)29-14-12-28(13-15-29)20-4-3-5-23(16-20)33-2/h3-7,9-10,16-18H,8,11-15H2,1-2H3. The number of amides is 1. The first-order chi connectivity index (χ1) is 16.6. The quantitative estimate of drug-likeness (QED) is 0.397. The zero-order valence-electron chi connectivity index (χ0n) is 19.4. The van der Waals surface area contributed by atoms with Crippen molar-refractivity contribution in [1.82, 2.24) is 14.3 Å². The Balaban J connectivity index is 1.18. The van der Waals surface area contributed by atoms with Gasteiger partial charge in [0.25, 0.3) is 0 Å². The molecule has 2 aromatic carbocycles. The number of aromatic nitrogens is 2. The minimum Gasteiger partial charge on any atom is -0.497 e. The molecule has 3 heterocycles. The molecule has 1 aliphatic rings. The first kappa shape index (κ1) is 22.3. The molecule has 1 saturated heterocycles. The lowest BCUT2D eigenvalue weighted by Crippen LogP contribution is -2.48. The Bertz CT molecular complexity index is 1270. The van der Waals surface area contributed by atoms with Crippen LogP contribution in [0.5, 0.6) is 11.5 Å². The normalized spacial score (nSPS) is 13.9. The van der Waals surface area contributed by atoms with Gasteiger partial charge in [0, 0.05) is 67.2 Å². The molecule has 2 aromatic heterocycles. The smallest absolute Gasteiger partial charge is 0.223 e. The van der Waals surface area contributed by atoms with Crippen LogP contribution in [0.2, 0.25) is 0 Å². The van der Waals surface area contributed by atoms with E-state index >= 15 is 0 Å². The SMILES string of the molecule is COc1ccc(-c2cn3c(CCC(=O)N4CCN(c5cccc(OC)c5)CC4)csc3n2)cc1. The van der Waals surface area contributed by atoms with Gasteiger partial charge in [0.05, 0.1) is 19.9 Å². The van der Waals surface area contributed by atoms with Crippen LogP contribution < -0.4 is 14.4 Å². The Hall–Kier alpha value is -3.52. The average molecular weight is 477 g/mol. The molecule has 0 bridgehead atoms. The van der Waals surface area contributed by atoms with E-state index in [9.17, 15) is 4.79 Å². The monoisotopic (exact) mass is 476 g/mol. The Morgan fingerprint density at radius 2 is 1.76 bits per heavy atom. The summed E-state index contributed by atoms with van der Waals surface area (Å²) < 4.78 is 12.7. The lowest BCUT2D eigenvalue weighted by atomic mass is 10.1. The van der Waals surface area contributed by atoms with Gasteiger partial charge in [0.2, 0.25) is 5.91 Å². The number of rotatable bonds is 7. The molecule has 0 atom stereocenters. The number of benzene rings is 2. The summed E-state index contributed by atoms with van der Waals surface area (Å²) in [6.07, 6.45) is 3.26. The van der Waals surface area contributed by atoms with Crippen molar-refractivity contribution in [2.75, 3.05) is 45.3 Å². The van der Waals surface area contributed by atoms with Gasteiger partial charge in [-0.25, -0.2) is 4.98 Å². The van der Waals surface area contributed by atoms with Crippen LogP contribution in [0, 0.1) is 0 Å². The van der Waals surface area contributed by atoms with Crippen LogP contribution in [-0.4, -0.2) is 60.6 Å². The molecule has 4 aromatic rings. The highest BCUT2D eigenvalue weighted by atomic mass is 32.1. The number of anilines is 1. The van der Waals surface area contributed by atoms with Crippen LogP contribution in [0.1, 0.15) is 12.1 Å². The highest BCUT2D eigenvalue weighted by Crippen LogP contribution is 2.26. The van der Waals surface area contributed by atoms with Crippen LogP contribution in [0.25, 0.3) is 16.2 Å². The highest BCUT2D eigenvalue weighted by molar-refractivity contribution is 7.15. The summed E-state index contributed by atoms with van der Waals surface area (Å²) in [4.78, 5) is 22.9. The number of hydrogen-bond acceptors (Lipinski definition) is 6. The van der Waals surface area contributed by atoms with Gasteiger partial charge in [-0.15, -0.1) is 11.3 Å². The second-order valence-electron chi connectivity index (χ2n) is 8.30. The summed E-state index contributed by atoms with van der Waals surface area (Å²) in [5, 5.41) is 2.11. The molecule has 176 valence electrons. The second kappa shape index (κ2) is 9.77. The third kappa shape index (κ3) is 4.59. The fraction of sp³-hybridized carbons (Fsp3) is 0.308. The van der Waals surface area contributed by atoms with Gasteiger partial charge >= 0.3 is 0 Å². The fourth-order valence-corrected chi connectivity index (χ4v) is 5.23. The number of imidazole rings is 1. The van der Waals surface area contributed by atoms with Gasteiger partial charge in [-0.3, -0.25) is 9.20 Å². The van der Waals surface area contributed by atoms with Crippen LogP contribution in [0.15, 0.2) is 60.1 Å². The summed E-state index contributed by atoms with van der Waals surface area (Å²) in [7, 11) is 3.34. The Morgan fingerprint density at radius 3 is 2.50 bits per heavy atom. The van der Waals surface area contributed by atoms with E-state index in [0.29, 0.717) is 12.8 Å². The Kier molecular flexibility index (Phi) is 6.40. The molecular weight excluding hydrogens is 448 g/mol. The van der Waals surface area contributed by atoms with Crippen molar-refractivity contribution in [2.24, 2.45) is 0 Å². The zero-order valence-corrected chi connectivity index (χ0v) is 20.3. The molecule has 34 heavy (non-hydrogen) atoms. The molecule has 1 aliphatic heterocycles. The van der Waals surface area contributed by atoms with Crippen molar-refractivity contribution in [3.8, 4) is 22.8 Å². The van der Waals surface area contributed by atoms with Crippen molar-refractivity contribution in [2.45, 2.75) is 12.8 Å². The third-order valence-electron chi connectivity index (χ3n) is 6.32. The number of nitrogens with zero attached hydrogens (tertiary/aromatic N) is 4. The molecule has 5 rings (SSSR count). The number of carbonyl (C=O) groups is 1. The number of hydrogen-bond donors (Lipinski definition) is 0. The summed E-state index contributed by atoms with van der Waals surface area (Å²) >= 11 is 1.61.